The number of nitrogens with one attached hydrogen (secondary N) is 1. The van der Waals surface area contributed by atoms with Crippen molar-refractivity contribution in [2.75, 3.05) is 19.0 Å². The molecule has 4 rings (SSSR count). The summed E-state index contributed by atoms with van der Waals surface area (Å²) >= 11 is 6.09. The minimum absolute atomic E-state index is 0.0809. The van der Waals surface area contributed by atoms with Gasteiger partial charge in [-0.25, -0.2) is 0 Å². The van der Waals surface area contributed by atoms with Crippen LogP contribution in [0.1, 0.15) is 17.5 Å². The zero-order chi connectivity index (χ0) is 19.0. The van der Waals surface area contributed by atoms with Crippen molar-refractivity contribution in [3.63, 3.8) is 0 Å². The van der Waals surface area contributed by atoms with Crippen LogP contribution in [-0.4, -0.2) is 30.4 Å². The molecule has 0 aromatic heterocycles. The number of carbonyl (C=O) groups excluding carboxylic acids is 2. The van der Waals surface area contributed by atoms with Crippen molar-refractivity contribution in [2.45, 2.75) is 19.4 Å². The SMILES string of the molecule is COc1ccc(NC(=O)C2CC2C(=O)N2CCc3ccccc3C2)cc1Cl. The lowest BCUT2D eigenvalue weighted by atomic mass is 9.99. The summed E-state index contributed by atoms with van der Waals surface area (Å²) in [5.41, 5.74) is 3.12. The van der Waals surface area contributed by atoms with E-state index >= 15 is 0 Å². The maximum absolute atomic E-state index is 12.8. The van der Waals surface area contributed by atoms with Gasteiger partial charge in [0.1, 0.15) is 5.75 Å². The molecule has 2 aliphatic rings. The highest BCUT2D eigenvalue weighted by molar-refractivity contribution is 6.32. The smallest absolute Gasteiger partial charge is 0.228 e. The van der Waals surface area contributed by atoms with Gasteiger partial charge in [0.2, 0.25) is 11.8 Å². The second kappa shape index (κ2) is 7.24. The number of benzene rings is 2. The first kappa shape index (κ1) is 17.9. The topological polar surface area (TPSA) is 58.6 Å². The maximum Gasteiger partial charge on any atom is 0.228 e. The molecule has 1 aliphatic heterocycles. The molecule has 2 aromatic carbocycles. The molecule has 5 nitrogen and oxygen atoms in total. The Morgan fingerprint density at radius 1 is 1.15 bits per heavy atom. The number of nitrogens with zero attached hydrogens (tertiary/aromatic N) is 1. The van der Waals surface area contributed by atoms with Crippen LogP contribution in [0.4, 0.5) is 5.69 Å². The van der Waals surface area contributed by atoms with Crippen molar-refractivity contribution in [1.82, 2.24) is 4.90 Å². The van der Waals surface area contributed by atoms with Crippen LogP contribution < -0.4 is 10.1 Å². The summed E-state index contributed by atoms with van der Waals surface area (Å²) in [5, 5.41) is 3.29. The fraction of sp³-hybridized carbons (Fsp3) is 0.333. The highest BCUT2D eigenvalue weighted by atomic mass is 35.5. The minimum atomic E-state index is -0.268. The van der Waals surface area contributed by atoms with Gasteiger partial charge >= 0.3 is 0 Å². The summed E-state index contributed by atoms with van der Waals surface area (Å²) in [6.45, 7) is 1.35. The zero-order valence-corrected chi connectivity index (χ0v) is 15.8. The average Bonchev–Trinajstić information content (AvgIpc) is 3.48. The molecular formula is C21H21ClN2O3. The van der Waals surface area contributed by atoms with Crippen molar-refractivity contribution in [3.05, 3.63) is 58.6 Å². The first-order chi connectivity index (χ1) is 13.1. The number of fused-ring (bicyclic) bond motifs is 1. The van der Waals surface area contributed by atoms with Gasteiger partial charge in [0.25, 0.3) is 0 Å². The quantitative estimate of drug-likeness (QED) is 0.877. The molecule has 0 saturated heterocycles. The molecule has 27 heavy (non-hydrogen) atoms. The van der Waals surface area contributed by atoms with E-state index in [2.05, 4.69) is 17.4 Å². The Morgan fingerprint density at radius 2 is 1.93 bits per heavy atom. The molecule has 1 heterocycles. The zero-order valence-electron chi connectivity index (χ0n) is 15.1. The van der Waals surface area contributed by atoms with Crippen LogP contribution in [0.15, 0.2) is 42.5 Å². The third-order valence-electron chi connectivity index (χ3n) is 5.31. The van der Waals surface area contributed by atoms with E-state index in [4.69, 9.17) is 16.3 Å². The molecular weight excluding hydrogens is 364 g/mol. The van der Waals surface area contributed by atoms with Crippen molar-refractivity contribution in [3.8, 4) is 5.75 Å². The predicted octanol–water partition coefficient (Wildman–Crippen LogP) is 3.51. The second-order valence-electron chi connectivity index (χ2n) is 7.07. The molecule has 2 amide bonds. The number of carbonyl (C=O) groups is 2. The van der Waals surface area contributed by atoms with Crippen LogP contribution in [0.2, 0.25) is 5.02 Å². The third-order valence-corrected chi connectivity index (χ3v) is 5.60. The average molecular weight is 385 g/mol. The van der Waals surface area contributed by atoms with Gasteiger partial charge in [0.15, 0.2) is 0 Å². The Morgan fingerprint density at radius 3 is 2.67 bits per heavy atom. The van der Waals surface area contributed by atoms with E-state index in [1.165, 1.54) is 11.1 Å². The Labute approximate surface area is 163 Å². The van der Waals surface area contributed by atoms with Crippen molar-refractivity contribution < 1.29 is 14.3 Å². The Bertz CT molecular complexity index is 899. The van der Waals surface area contributed by atoms with Gasteiger partial charge < -0.3 is 15.0 Å². The van der Waals surface area contributed by atoms with Gasteiger partial charge in [0.05, 0.1) is 24.0 Å². The van der Waals surface area contributed by atoms with Gasteiger partial charge in [-0.3, -0.25) is 9.59 Å². The van der Waals surface area contributed by atoms with Crippen molar-refractivity contribution >= 4 is 29.1 Å². The normalized spacial score (nSPS) is 20.6. The van der Waals surface area contributed by atoms with Gasteiger partial charge in [-0.2, -0.15) is 0 Å². The lowest BCUT2D eigenvalue weighted by Gasteiger charge is -2.29. The first-order valence-electron chi connectivity index (χ1n) is 9.07. The number of rotatable bonds is 4. The molecule has 1 fully saturated rings. The number of halogens is 1. The number of ether oxygens (including phenoxy) is 1. The van der Waals surface area contributed by atoms with Gasteiger partial charge in [-0.05, 0) is 42.2 Å². The highest BCUT2D eigenvalue weighted by Gasteiger charge is 2.49. The second-order valence-corrected chi connectivity index (χ2v) is 7.47. The lowest BCUT2D eigenvalue weighted by Crippen LogP contribution is -2.37. The first-order valence-corrected chi connectivity index (χ1v) is 9.44. The summed E-state index contributed by atoms with van der Waals surface area (Å²) < 4.78 is 5.11. The summed E-state index contributed by atoms with van der Waals surface area (Å²) in [4.78, 5) is 27.1. The predicted molar refractivity (Wildman–Crippen MR) is 104 cm³/mol. The summed E-state index contributed by atoms with van der Waals surface area (Å²) in [6.07, 6.45) is 1.47. The van der Waals surface area contributed by atoms with Crippen LogP contribution >= 0.6 is 11.6 Å². The highest BCUT2D eigenvalue weighted by Crippen LogP contribution is 2.42. The number of amides is 2. The number of methoxy groups -OCH3 is 1. The summed E-state index contributed by atoms with van der Waals surface area (Å²) in [5.74, 6) is 0.0171. The van der Waals surface area contributed by atoms with Gasteiger partial charge in [-0.1, -0.05) is 35.9 Å². The van der Waals surface area contributed by atoms with E-state index in [0.29, 0.717) is 29.4 Å². The minimum Gasteiger partial charge on any atom is -0.495 e. The van der Waals surface area contributed by atoms with Gasteiger partial charge in [0, 0.05) is 18.8 Å². The van der Waals surface area contributed by atoms with Crippen LogP contribution in [0.25, 0.3) is 0 Å². The molecule has 2 atom stereocenters. The molecule has 6 heteroatoms. The molecule has 2 unspecified atom stereocenters. The fourth-order valence-electron chi connectivity index (χ4n) is 3.66. The standard InChI is InChI=1S/C21H21ClN2O3/c1-27-19-7-6-15(10-18(19)22)23-20(25)16-11-17(16)21(26)24-9-8-13-4-2-3-5-14(13)12-24/h2-7,10,16-17H,8-9,11-12H2,1H3,(H,23,25). The van der Waals surface area contributed by atoms with E-state index in [1.807, 2.05) is 17.0 Å². The van der Waals surface area contributed by atoms with E-state index in [1.54, 1.807) is 25.3 Å². The Kier molecular flexibility index (Phi) is 4.79. The monoisotopic (exact) mass is 384 g/mol. The molecule has 1 saturated carbocycles. The van der Waals surface area contributed by atoms with E-state index in [9.17, 15) is 9.59 Å². The van der Waals surface area contributed by atoms with Gasteiger partial charge in [-0.15, -0.1) is 0 Å². The lowest BCUT2D eigenvalue weighted by molar-refractivity contribution is -0.135. The van der Waals surface area contributed by atoms with E-state index < -0.39 is 0 Å². The molecule has 1 N–H and O–H groups in total. The van der Waals surface area contributed by atoms with Crippen LogP contribution in [-0.2, 0) is 22.6 Å². The summed E-state index contributed by atoms with van der Waals surface area (Å²) in [7, 11) is 1.54. The Hall–Kier alpha value is -2.53. The van der Waals surface area contributed by atoms with Crippen molar-refractivity contribution in [2.24, 2.45) is 11.8 Å². The fourth-order valence-corrected chi connectivity index (χ4v) is 3.91. The largest absolute Gasteiger partial charge is 0.495 e. The summed E-state index contributed by atoms with van der Waals surface area (Å²) in [6, 6.07) is 13.3. The van der Waals surface area contributed by atoms with E-state index in [-0.39, 0.29) is 23.7 Å². The van der Waals surface area contributed by atoms with Crippen LogP contribution in [0.3, 0.4) is 0 Å². The maximum atomic E-state index is 12.8. The number of hydrogen-bond acceptors (Lipinski definition) is 3. The Balaban J connectivity index is 1.36. The molecule has 140 valence electrons. The molecule has 0 bridgehead atoms. The van der Waals surface area contributed by atoms with E-state index in [0.717, 1.165) is 13.0 Å². The molecule has 0 radical (unpaired) electrons. The van der Waals surface area contributed by atoms with Crippen molar-refractivity contribution in [1.29, 1.82) is 0 Å². The van der Waals surface area contributed by atoms with Crippen LogP contribution in [0.5, 0.6) is 5.75 Å². The molecule has 2 aromatic rings. The molecule has 0 spiro atoms. The number of hydrogen-bond donors (Lipinski definition) is 1. The number of anilines is 1. The van der Waals surface area contributed by atoms with Crippen LogP contribution in [0, 0.1) is 11.8 Å². The third kappa shape index (κ3) is 3.65. The molecule has 1 aliphatic carbocycles.